The number of halogens is 1. The molecule has 0 spiro atoms. The highest BCUT2D eigenvalue weighted by Crippen LogP contribution is 2.35. The molecule has 2 aromatic rings. The number of hydrogen-bond donors (Lipinski definition) is 1. The first kappa shape index (κ1) is 15.4. The molecule has 0 bridgehead atoms. The molecule has 2 heterocycles. The van der Waals surface area contributed by atoms with Crippen LogP contribution in [-0.2, 0) is 4.74 Å². The highest BCUT2D eigenvalue weighted by atomic mass is 19.1. The van der Waals surface area contributed by atoms with E-state index in [4.69, 9.17) is 14.2 Å². The van der Waals surface area contributed by atoms with Crippen LogP contribution in [0, 0.1) is 11.7 Å². The molecule has 4 rings (SSSR count). The third-order valence-electron chi connectivity index (χ3n) is 4.65. The Balaban J connectivity index is 1.39. The van der Waals surface area contributed by atoms with Crippen molar-refractivity contribution < 1.29 is 18.6 Å². The van der Waals surface area contributed by atoms with Crippen LogP contribution in [0.15, 0.2) is 48.5 Å². The summed E-state index contributed by atoms with van der Waals surface area (Å²) in [4.78, 5) is 0. The maximum Gasteiger partial charge on any atom is 0.361 e. The van der Waals surface area contributed by atoms with Crippen LogP contribution >= 0.6 is 0 Å². The fraction of sp³-hybridized carbons (Fsp3) is 0.368. The van der Waals surface area contributed by atoms with Gasteiger partial charge in [-0.25, -0.2) is 4.39 Å². The molecule has 1 saturated heterocycles. The van der Waals surface area contributed by atoms with Gasteiger partial charge in [0.2, 0.25) is 0 Å². The molecule has 0 amide bonds. The summed E-state index contributed by atoms with van der Waals surface area (Å²) in [5.74, 6) is 1.85. The fourth-order valence-electron chi connectivity index (χ4n) is 3.39. The molecule has 0 radical (unpaired) electrons. The van der Waals surface area contributed by atoms with Gasteiger partial charge in [-0.3, -0.25) is 0 Å². The Bertz CT molecular complexity index is 666. The number of hydrogen-bond acceptors (Lipinski definition) is 4. The summed E-state index contributed by atoms with van der Waals surface area (Å²) in [5, 5.41) is 3.40. The van der Waals surface area contributed by atoms with Crippen LogP contribution in [0.4, 0.5) is 4.39 Å². The molecule has 1 fully saturated rings. The number of benzene rings is 2. The van der Waals surface area contributed by atoms with Crippen LogP contribution in [0.25, 0.3) is 0 Å². The van der Waals surface area contributed by atoms with Gasteiger partial charge in [0.25, 0.3) is 0 Å². The van der Waals surface area contributed by atoms with Gasteiger partial charge in [-0.15, -0.1) is 0 Å². The zero-order valence-corrected chi connectivity index (χ0v) is 13.3. The molecule has 126 valence electrons. The lowest BCUT2D eigenvalue weighted by Gasteiger charge is -2.32. The maximum absolute atomic E-state index is 13.2. The van der Waals surface area contributed by atoms with E-state index in [2.05, 4.69) is 5.32 Å². The zero-order valence-electron chi connectivity index (χ0n) is 13.3. The van der Waals surface area contributed by atoms with Crippen LogP contribution in [0.1, 0.15) is 17.9 Å². The van der Waals surface area contributed by atoms with Gasteiger partial charge in [0.15, 0.2) is 11.5 Å². The lowest BCUT2D eigenvalue weighted by molar-refractivity contribution is -0.185. The normalized spacial score (nSPS) is 23.4. The second-order valence-corrected chi connectivity index (χ2v) is 6.22. The Labute approximate surface area is 140 Å². The van der Waals surface area contributed by atoms with Gasteiger partial charge in [0, 0.05) is 12.5 Å². The van der Waals surface area contributed by atoms with Crippen LogP contribution in [0.3, 0.4) is 0 Å². The van der Waals surface area contributed by atoms with E-state index in [1.165, 1.54) is 12.1 Å². The van der Waals surface area contributed by atoms with Crippen molar-refractivity contribution in [1.29, 1.82) is 0 Å². The third kappa shape index (κ3) is 3.23. The monoisotopic (exact) mass is 329 g/mol. The summed E-state index contributed by atoms with van der Waals surface area (Å²) in [7, 11) is 0. The SMILES string of the molecule is Fc1ccc([C@H]2CCNC[C@@H]2COC2Oc3ccccc3O2)cc1. The third-order valence-corrected chi connectivity index (χ3v) is 4.65. The Morgan fingerprint density at radius 2 is 1.75 bits per heavy atom. The molecule has 2 aliphatic heterocycles. The number of ether oxygens (including phenoxy) is 3. The summed E-state index contributed by atoms with van der Waals surface area (Å²) >= 11 is 0. The molecule has 0 aliphatic carbocycles. The minimum atomic E-state index is -0.696. The standard InChI is InChI=1S/C19H20FNO3/c20-15-7-5-13(6-8-15)16-9-10-21-11-14(16)12-22-19-23-17-3-1-2-4-18(17)24-19/h1-8,14,16,19,21H,9-12H2/t14-,16-/m1/s1. The van der Waals surface area contributed by atoms with Crippen molar-refractivity contribution in [2.45, 2.75) is 18.8 Å². The molecular formula is C19H20FNO3. The van der Waals surface area contributed by atoms with Gasteiger partial charge in [-0.1, -0.05) is 24.3 Å². The molecule has 5 heteroatoms. The first-order valence-corrected chi connectivity index (χ1v) is 8.30. The lowest BCUT2D eigenvalue weighted by Crippen LogP contribution is -2.39. The van der Waals surface area contributed by atoms with Crippen molar-refractivity contribution in [2.24, 2.45) is 5.92 Å². The molecule has 24 heavy (non-hydrogen) atoms. The van der Waals surface area contributed by atoms with E-state index in [1.54, 1.807) is 0 Å². The van der Waals surface area contributed by atoms with E-state index in [0.717, 1.165) is 25.1 Å². The molecule has 2 aliphatic rings. The topological polar surface area (TPSA) is 39.7 Å². The summed E-state index contributed by atoms with van der Waals surface area (Å²) in [6.07, 6.45) is 1.01. The van der Waals surface area contributed by atoms with Gasteiger partial charge >= 0.3 is 6.48 Å². The average Bonchev–Trinajstić information content (AvgIpc) is 3.04. The van der Waals surface area contributed by atoms with E-state index in [9.17, 15) is 4.39 Å². The van der Waals surface area contributed by atoms with E-state index in [1.807, 2.05) is 36.4 Å². The minimum absolute atomic E-state index is 0.203. The summed E-state index contributed by atoms with van der Waals surface area (Å²) < 4.78 is 30.3. The predicted molar refractivity (Wildman–Crippen MR) is 87.6 cm³/mol. The Hall–Kier alpha value is -2.11. The number of fused-ring (bicyclic) bond motifs is 1. The van der Waals surface area contributed by atoms with Gasteiger partial charge < -0.3 is 19.5 Å². The van der Waals surface area contributed by atoms with Gasteiger partial charge in [-0.05, 0) is 48.7 Å². The molecule has 0 saturated carbocycles. The maximum atomic E-state index is 13.2. The summed E-state index contributed by atoms with van der Waals surface area (Å²) in [6, 6.07) is 14.3. The van der Waals surface area contributed by atoms with Crippen LogP contribution in [0.5, 0.6) is 11.5 Å². The highest BCUT2D eigenvalue weighted by Gasteiger charge is 2.30. The molecule has 0 unspecified atom stereocenters. The fourth-order valence-corrected chi connectivity index (χ4v) is 3.39. The van der Waals surface area contributed by atoms with E-state index in [-0.39, 0.29) is 5.82 Å². The van der Waals surface area contributed by atoms with E-state index >= 15 is 0 Å². The van der Waals surface area contributed by atoms with Gasteiger partial charge in [0.05, 0.1) is 6.61 Å². The van der Waals surface area contributed by atoms with Crippen LogP contribution in [-0.4, -0.2) is 26.2 Å². The largest absolute Gasteiger partial charge is 0.428 e. The molecule has 2 aromatic carbocycles. The smallest absolute Gasteiger partial charge is 0.361 e. The molecule has 0 aromatic heterocycles. The second kappa shape index (κ2) is 6.79. The molecule has 1 N–H and O–H groups in total. The predicted octanol–water partition coefficient (Wildman–Crippen LogP) is 3.29. The van der Waals surface area contributed by atoms with Crippen LogP contribution < -0.4 is 14.8 Å². The van der Waals surface area contributed by atoms with Gasteiger partial charge in [-0.2, -0.15) is 0 Å². The van der Waals surface area contributed by atoms with Crippen molar-refractivity contribution >= 4 is 0 Å². The lowest BCUT2D eigenvalue weighted by atomic mass is 9.81. The van der Waals surface area contributed by atoms with Crippen molar-refractivity contribution in [2.75, 3.05) is 19.7 Å². The second-order valence-electron chi connectivity index (χ2n) is 6.22. The average molecular weight is 329 g/mol. The Kier molecular flexibility index (Phi) is 4.36. The van der Waals surface area contributed by atoms with E-state index in [0.29, 0.717) is 29.9 Å². The highest BCUT2D eigenvalue weighted by molar-refractivity contribution is 5.41. The number of para-hydroxylation sites is 2. The van der Waals surface area contributed by atoms with Crippen LogP contribution in [0.2, 0.25) is 0 Å². The Morgan fingerprint density at radius 1 is 1.04 bits per heavy atom. The van der Waals surface area contributed by atoms with Crippen molar-refractivity contribution in [3.8, 4) is 11.5 Å². The number of nitrogens with one attached hydrogen (secondary N) is 1. The first-order valence-electron chi connectivity index (χ1n) is 8.30. The number of rotatable bonds is 4. The summed E-state index contributed by atoms with van der Waals surface area (Å²) in [5.41, 5.74) is 1.16. The minimum Gasteiger partial charge on any atom is -0.428 e. The van der Waals surface area contributed by atoms with Gasteiger partial charge in [0.1, 0.15) is 5.82 Å². The van der Waals surface area contributed by atoms with Crippen molar-refractivity contribution in [1.82, 2.24) is 5.32 Å². The molecule has 2 atom stereocenters. The molecule has 4 nitrogen and oxygen atoms in total. The Morgan fingerprint density at radius 3 is 2.46 bits per heavy atom. The van der Waals surface area contributed by atoms with Crippen molar-refractivity contribution in [3.63, 3.8) is 0 Å². The first-order chi connectivity index (χ1) is 11.8. The summed E-state index contributed by atoms with van der Waals surface area (Å²) in [6.45, 7) is 1.65. The van der Waals surface area contributed by atoms with E-state index < -0.39 is 6.48 Å². The van der Waals surface area contributed by atoms with Crippen molar-refractivity contribution in [3.05, 3.63) is 59.9 Å². The molecular weight excluding hydrogens is 309 g/mol. The number of piperidine rings is 1. The quantitative estimate of drug-likeness (QED) is 0.934. The zero-order chi connectivity index (χ0) is 16.4.